The van der Waals surface area contributed by atoms with Crippen LogP contribution < -0.4 is 5.73 Å². The number of hydrogen-bond acceptors (Lipinski definition) is 3. The van der Waals surface area contributed by atoms with Gasteiger partial charge in [-0.3, -0.25) is 0 Å². The smallest absolute Gasteiger partial charge is 0.0921 e. The molecule has 2 unspecified atom stereocenters. The van der Waals surface area contributed by atoms with Gasteiger partial charge in [-0.15, -0.1) is 12.4 Å². The topological polar surface area (TPSA) is 66.5 Å². The summed E-state index contributed by atoms with van der Waals surface area (Å²) < 4.78 is 0. The number of nitrogens with two attached hydrogens (primary N) is 1. The van der Waals surface area contributed by atoms with Gasteiger partial charge in [0.1, 0.15) is 0 Å². The van der Waals surface area contributed by atoms with Gasteiger partial charge in [0.05, 0.1) is 12.7 Å². The third-order valence-electron chi connectivity index (χ3n) is 5.32. The number of rotatable bonds is 20. The number of aliphatic hydroxyl groups excluding tert-OH is 2. The van der Waals surface area contributed by atoms with Crippen molar-refractivity contribution in [2.75, 3.05) is 6.61 Å². The van der Waals surface area contributed by atoms with Crippen LogP contribution in [0.25, 0.3) is 0 Å². The summed E-state index contributed by atoms with van der Waals surface area (Å²) in [4.78, 5) is 0. The van der Waals surface area contributed by atoms with Gasteiger partial charge in [-0.05, 0) is 6.42 Å². The highest BCUT2D eigenvalue weighted by atomic mass is 35.5. The van der Waals surface area contributed by atoms with E-state index in [0.717, 1.165) is 12.8 Å². The van der Waals surface area contributed by atoms with Crippen LogP contribution in [0.5, 0.6) is 0 Å². The van der Waals surface area contributed by atoms with Crippen LogP contribution in [-0.2, 0) is 0 Å². The predicted molar refractivity (Wildman–Crippen MR) is 117 cm³/mol. The van der Waals surface area contributed by atoms with E-state index in [0.29, 0.717) is 0 Å². The molecule has 0 saturated heterocycles. The van der Waals surface area contributed by atoms with Crippen molar-refractivity contribution in [2.24, 2.45) is 5.73 Å². The van der Waals surface area contributed by atoms with Gasteiger partial charge in [-0.25, -0.2) is 0 Å². The van der Waals surface area contributed by atoms with Crippen molar-refractivity contribution in [3.63, 3.8) is 0 Å². The van der Waals surface area contributed by atoms with Crippen molar-refractivity contribution in [3.05, 3.63) is 0 Å². The van der Waals surface area contributed by atoms with Crippen LogP contribution in [0, 0.1) is 0 Å². The highest BCUT2D eigenvalue weighted by molar-refractivity contribution is 5.85. The molecule has 0 aromatic rings. The van der Waals surface area contributed by atoms with Gasteiger partial charge in [0.2, 0.25) is 0 Å². The van der Waals surface area contributed by atoms with E-state index in [-0.39, 0.29) is 25.1 Å². The first-order valence-electron chi connectivity index (χ1n) is 11.3. The van der Waals surface area contributed by atoms with E-state index in [9.17, 15) is 5.11 Å². The van der Waals surface area contributed by atoms with E-state index in [4.69, 9.17) is 10.8 Å². The maximum Gasteiger partial charge on any atom is 0.0921 e. The van der Waals surface area contributed by atoms with E-state index in [2.05, 4.69) is 6.92 Å². The van der Waals surface area contributed by atoms with E-state index in [1.54, 1.807) is 0 Å². The SMILES string of the molecule is CCCCCCCCCCCCCCCCCCCC(N)C(O)CO.Cl. The highest BCUT2D eigenvalue weighted by Crippen LogP contribution is 2.14. The lowest BCUT2D eigenvalue weighted by Gasteiger charge is -2.16. The average Bonchev–Trinajstić information content (AvgIpc) is 2.63. The monoisotopic (exact) mass is 393 g/mol. The molecule has 0 aliphatic carbocycles. The van der Waals surface area contributed by atoms with Crippen molar-refractivity contribution in [1.29, 1.82) is 0 Å². The molecule has 4 heteroatoms. The lowest BCUT2D eigenvalue weighted by molar-refractivity contribution is 0.0711. The minimum atomic E-state index is -0.749. The third kappa shape index (κ3) is 20.5. The summed E-state index contributed by atoms with van der Waals surface area (Å²) in [6.07, 6.45) is 23.4. The molecule has 26 heavy (non-hydrogen) atoms. The largest absolute Gasteiger partial charge is 0.394 e. The summed E-state index contributed by atoms with van der Waals surface area (Å²) in [5.74, 6) is 0. The normalized spacial score (nSPS) is 13.4. The van der Waals surface area contributed by atoms with Gasteiger partial charge in [0.25, 0.3) is 0 Å². The third-order valence-corrected chi connectivity index (χ3v) is 5.32. The molecule has 160 valence electrons. The van der Waals surface area contributed by atoms with E-state index in [1.165, 1.54) is 103 Å². The Morgan fingerprint density at radius 2 is 0.923 bits per heavy atom. The van der Waals surface area contributed by atoms with Crippen LogP contribution in [0.2, 0.25) is 0 Å². The number of hydrogen-bond donors (Lipinski definition) is 3. The number of aliphatic hydroxyl groups is 2. The molecule has 0 fully saturated rings. The molecule has 0 bridgehead atoms. The second-order valence-corrected chi connectivity index (χ2v) is 7.86. The number of unbranched alkanes of at least 4 members (excludes halogenated alkanes) is 16. The molecule has 0 aromatic heterocycles. The Bertz CT molecular complexity index is 254. The minimum Gasteiger partial charge on any atom is -0.394 e. The van der Waals surface area contributed by atoms with Crippen LogP contribution in [-0.4, -0.2) is 29.0 Å². The van der Waals surface area contributed by atoms with Crippen molar-refractivity contribution in [2.45, 2.75) is 135 Å². The van der Waals surface area contributed by atoms with E-state index >= 15 is 0 Å². The van der Waals surface area contributed by atoms with Gasteiger partial charge in [0.15, 0.2) is 0 Å². The average molecular weight is 394 g/mol. The predicted octanol–water partition coefficient (Wildman–Crippen LogP) is 6.13. The summed E-state index contributed by atoms with van der Waals surface area (Å²) in [7, 11) is 0. The van der Waals surface area contributed by atoms with Crippen molar-refractivity contribution in [3.8, 4) is 0 Å². The summed E-state index contributed by atoms with van der Waals surface area (Å²) in [6.45, 7) is 2.06. The molecule has 0 aliphatic heterocycles. The molecule has 0 aliphatic rings. The zero-order valence-corrected chi connectivity index (χ0v) is 18.3. The zero-order valence-electron chi connectivity index (χ0n) is 17.5. The summed E-state index contributed by atoms with van der Waals surface area (Å²) >= 11 is 0. The Balaban J connectivity index is 0. The molecular weight excluding hydrogens is 346 g/mol. The Labute approximate surface area is 169 Å². The Morgan fingerprint density at radius 3 is 1.23 bits per heavy atom. The first-order valence-corrected chi connectivity index (χ1v) is 11.3. The van der Waals surface area contributed by atoms with Crippen molar-refractivity contribution >= 4 is 12.4 Å². The molecule has 0 amide bonds. The zero-order chi connectivity index (χ0) is 18.6. The quantitative estimate of drug-likeness (QED) is 0.218. The van der Waals surface area contributed by atoms with Crippen molar-refractivity contribution < 1.29 is 10.2 Å². The van der Waals surface area contributed by atoms with Gasteiger partial charge < -0.3 is 15.9 Å². The van der Waals surface area contributed by atoms with E-state index < -0.39 is 6.10 Å². The summed E-state index contributed by atoms with van der Waals surface area (Å²) in [5.41, 5.74) is 5.78. The molecule has 4 N–H and O–H groups in total. The van der Waals surface area contributed by atoms with Gasteiger partial charge in [-0.2, -0.15) is 0 Å². The molecule has 3 nitrogen and oxygen atoms in total. The Kier molecular flexibility index (Phi) is 25.3. The maximum atomic E-state index is 9.39. The van der Waals surface area contributed by atoms with Gasteiger partial charge in [0, 0.05) is 6.04 Å². The standard InChI is InChI=1S/C22H47NO2.ClH/c1-2-3-4-5-6-7-8-9-10-11-12-13-14-15-16-17-18-19-21(23)22(25)20-24;/h21-22,24-25H,2-20,23H2,1H3;1H. The maximum absolute atomic E-state index is 9.39. The fraction of sp³-hybridized carbons (Fsp3) is 1.00. The molecule has 0 rings (SSSR count). The van der Waals surface area contributed by atoms with Crippen LogP contribution in [0.3, 0.4) is 0 Å². The summed E-state index contributed by atoms with van der Waals surface area (Å²) in [5, 5.41) is 18.2. The van der Waals surface area contributed by atoms with E-state index in [1.807, 2.05) is 0 Å². The van der Waals surface area contributed by atoms with Crippen LogP contribution >= 0.6 is 12.4 Å². The van der Waals surface area contributed by atoms with Crippen LogP contribution in [0.1, 0.15) is 122 Å². The van der Waals surface area contributed by atoms with Crippen LogP contribution in [0.15, 0.2) is 0 Å². The molecule has 0 aromatic carbocycles. The Morgan fingerprint density at radius 1 is 0.615 bits per heavy atom. The first kappa shape index (κ1) is 28.4. The van der Waals surface area contributed by atoms with Crippen molar-refractivity contribution in [1.82, 2.24) is 0 Å². The molecule has 2 atom stereocenters. The fourth-order valence-corrected chi connectivity index (χ4v) is 3.43. The molecule has 0 heterocycles. The number of halogens is 1. The van der Waals surface area contributed by atoms with Gasteiger partial charge >= 0.3 is 0 Å². The second kappa shape index (κ2) is 23.2. The minimum absolute atomic E-state index is 0. The van der Waals surface area contributed by atoms with Gasteiger partial charge in [-0.1, -0.05) is 116 Å². The molecular formula is C22H48ClNO2. The first-order chi connectivity index (χ1) is 12.2. The molecule has 0 spiro atoms. The summed E-state index contributed by atoms with van der Waals surface area (Å²) in [6, 6.07) is -0.263. The fourth-order valence-electron chi connectivity index (χ4n) is 3.43. The second-order valence-electron chi connectivity index (χ2n) is 7.86. The lowest BCUT2D eigenvalue weighted by Crippen LogP contribution is -2.37. The lowest BCUT2D eigenvalue weighted by atomic mass is 10.0. The highest BCUT2D eigenvalue weighted by Gasteiger charge is 2.12. The Hall–Kier alpha value is 0.170. The molecule has 0 saturated carbocycles. The molecule has 0 radical (unpaired) electrons. The van der Waals surface area contributed by atoms with Crippen LogP contribution in [0.4, 0.5) is 0 Å².